The fourth-order valence-corrected chi connectivity index (χ4v) is 3.34. The second-order valence-electron chi connectivity index (χ2n) is 6.21. The van der Waals surface area contributed by atoms with Gasteiger partial charge in [0.1, 0.15) is 5.76 Å². The van der Waals surface area contributed by atoms with Crippen molar-refractivity contribution in [2.75, 3.05) is 13.1 Å². The van der Waals surface area contributed by atoms with Crippen molar-refractivity contribution in [3.8, 4) is 0 Å². The molecule has 1 saturated carbocycles. The number of carbonyl (C=O) groups is 1. The first kappa shape index (κ1) is 14.9. The molecule has 0 bridgehead atoms. The maximum atomic E-state index is 12.2. The molecule has 0 spiro atoms. The Balaban J connectivity index is 1.52. The van der Waals surface area contributed by atoms with E-state index in [0.717, 1.165) is 44.5 Å². The SMILES string of the molecule is CC[C@@H]1CN(C(=O)C2CC2)CC[C@H]1NCc1ccc(Cl)o1. The number of amides is 1. The van der Waals surface area contributed by atoms with Crippen LogP contribution in [-0.4, -0.2) is 29.9 Å². The third-order valence-electron chi connectivity index (χ3n) is 4.66. The third-order valence-corrected chi connectivity index (χ3v) is 4.87. The Hall–Kier alpha value is -1.00. The summed E-state index contributed by atoms with van der Waals surface area (Å²) in [4.78, 5) is 14.3. The van der Waals surface area contributed by atoms with Crippen LogP contribution in [0, 0.1) is 11.8 Å². The molecule has 1 aliphatic carbocycles. The van der Waals surface area contributed by atoms with E-state index in [1.54, 1.807) is 6.07 Å². The van der Waals surface area contributed by atoms with Crippen LogP contribution in [0.15, 0.2) is 16.5 Å². The van der Waals surface area contributed by atoms with Gasteiger partial charge in [-0.1, -0.05) is 13.3 Å². The molecule has 1 saturated heterocycles. The number of nitrogens with zero attached hydrogens (tertiary/aromatic N) is 1. The van der Waals surface area contributed by atoms with Crippen LogP contribution in [0.4, 0.5) is 0 Å². The standard InChI is InChI=1S/C16H23ClN2O2/c1-2-11-10-19(16(20)12-3-4-12)8-7-14(11)18-9-13-5-6-15(17)21-13/h5-6,11-12,14,18H,2-4,7-10H2,1H3/t11-,14-/m1/s1. The maximum Gasteiger partial charge on any atom is 0.225 e. The molecule has 0 unspecified atom stereocenters. The molecule has 21 heavy (non-hydrogen) atoms. The molecule has 2 atom stereocenters. The second-order valence-corrected chi connectivity index (χ2v) is 6.58. The van der Waals surface area contributed by atoms with Crippen molar-refractivity contribution < 1.29 is 9.21 Å². The van der Waals surface area contributed by atoms with Crippen molar-refractivity contribution in [1.82, 2.24) is 10.2 Å². The van der Waals surface area contributed by atoms with Crippen molar-refractivity contribution in [3.05, 3.63) is 23.1 Å². The first-order valence-electron chi connectivity index (χ1n) is 7.93. The van der Waals surface area contributed by atoms with Gasteiger partial charge in [0.25, 0.3) is 0 Å². The zero-order valence-corrected chi connectivity index (χ0v) is 13.2. The summed E-state index contributed by atoms with van der Waals surface area (Å²) in [5.74, 6) is 2.10. The normalized spacial score (nSPS) is 26.1. The fraction of sp³-hybridized carbons (Fsp3) is 0.688. The number of hydrogen-bond donors (Lipinski definition) is 1. The molecule has 1 amide bonds. The molecule has 1 aromatic rings. The summed E-state index contributed by atoms with van der Waals surface area (Å²) in [6.45, 7) is 4.67. The van der Waals surface area contributed by atoms with E-state index < -0.39 is 0 Å². The van der Waals surface area contributed by atoms with E-state index in [-0.39, 0.29) is 0 Å². The summed E-state index contributed by atoms with van der Waals surface area (Å²) in [6, 6.07) is 4.12. The van der Waals surface area contributed by atoms with Crippen LogP contribution in [-0.2, 0) is 11.3 Å². The number of nitrogens with one attached hydrogen (secondary N) is 1. The lowest BCUT2D eigenvalue weighted by molar-refractivity contribution is -0.134. The van der Waals surface area contributed by atoms with E-state index in [1.165, 1.54) is 0 Å². The van der Waals surface area contributed by atoms with Crippen molar-refractivity contribution in [2.24, 2.45) is 11.8 Å². The van der Waals surface area contributed by atoms with Crippen LogP contribution in [0.3, 0.4) is 0 Å². The highest BCUT2D eigenvalue weighted by atomic mass is 35.5. The maximum absolute atomic E-state index is 12.2. The van der Waals surface area contributed by atoms with Gasteiger partial charge in [-0.15, -0.1) is 0 Å². The van der Waals surface area contributed by atoms with E-state index in [2.05, 4.69) is 17.1 Å². The van der Waals surface area contributed by atoms with E-state index >= 15 is 0 Å². The van der Waals surface area contributed by atoms with Crippen LogP contribution in [0.2, 0.25) is 5.22 Å². The summed E-state index contributed by atoms with van der Waals surface area (Å²) < 4.78 is 5.38. The van der Waals surface area contributed by atoms with Gasteiger partial charge in [-0.3, -0.25) is 4.79 Å². The molecular formula is C16H23ClN2O2. The van der Waals surface area contributed by atoms with Crippen LogP contribution in [0.25, 0.3) is 0 Å². The quantitative estimate of drug-likeness (QED) is 0.909. The number of likely N-dealkylation sites (tertiary alicyclic amines) is 1. The molecule has 2 aliphatic rings. The molecule has 0 aromatic carbocycles. The van der Waals surface area contributed by atoms with Gasteiger partial charge in [0.15, 0.2) is 5.22 Å². The highest BCUT2D eigenvalue weighted by Gasteiger charge is 2.37. The molecule has 116 valence electrons. The lowest BCUT2D eigenvalue weighted by Crippen LogP contribution is -2.51. The predicted octanol–water partition coefficient (Wildman–Crippen LogP) is 3.06. The molecule has 3 rings (SSSR count). The Morgan fingerprint density at radius 3 is 2.86 bits per heavy atom. The fourth-order valence-electron chi connectivity index (χ4n) is 3.18. The Kier molecular flexibility index (Phi) is 4.55. The molecule has 5 heteroatoms. The topological polar surface area (TPSA) is 45.5 Å². The second kappa shape index (κ2) is 6.41. The smallest absolute Gasteiger partial charge is 0.225 e. The molecule has 0 radical (unpaired) electrons. The van der Waals surface area contributed by atoms with Gasteiger partial charge in [-0.25, -0.2) is 0 Å². The number of halogens is 1. The number of furan rings is 1. The van der Waals surface area contributed by atoms with Crippen molar-refractivity contribution in [3.63, 3.8) is 0 Å². The first-order chi connectivity index (χ1) is 10.2. The number of rotatable bonds is 5. The van der Waals surface area contributed by atoms with Gasteiger partial charge < -0.3 is 14.6 Å². The van der Waals surface area contributed by atoms with Crippen LogP contribution in [0.5, 0.6) is 0 Å². The zero-order valence-electron chi connectivity index (χ0n) is 12.5. The van der Waals surface area contributed by atoms with Gasteiger partial charge in [0, 0.05) is 25.0 Å². The van der Waals surface area contributed by atoms with E-state index in [1.807, 2.05) is 6.07 Å². The van der Waals surface area contributed by atoms with Crippen molar-refractivity contribution >= 4 is 17.5 Å². The summed E-state index contributed by atoms with van der Waals surface area (Å²) in [6.07, 6.45) is 4.29. The average molecular weight is 311 g/mol. The Morgan fingerprint density at radius 1 is 1.43 bits per heavy atom. The minimum Gasteiger partial charge on any atom is -0.448 e. The molecule has 1 aromatic heterocycles. The monoisotopic (exact) mass is 310 g/mol. The van der Waals surface area contributed by atoms with Gasteiger partial charge in [0.2, 0.25) is 5.91 Å². The Morgan fingerprint density at radius 2 is 2.24 bits per heavy atom. The molecule has 1 aliphatic heterocycles. The molecule has 1 N–H and O–H groups in total. The molecule has 2 fully saturated rings. The minimum atomic E-state index is 0.331. The Bertz CT molecular complexity index is 498. The predicted molar refractivity (Wildman–Crippen MR) is 82.0 cm³/mol. The summed E-state index contributed by atoms with van der Waals surface area (Å²) in [5.41, 5.74) is 0. The highest BCUT2D eigenvalue weighted by Crippen LogP contribution is 2.33. The van der Waals surface area contributed by atoms with Crippen LogP contribution in [0.1, 0.15) is 38.4 Å². The van der Waals surface area contributed by atoms with Crippen molar-refractivity contribution in [1.29, 1.82) is 0 Å². The molecule has 2 heterocycles. The van der Waals surface area contributed by atoms with Crippen molar-refractivity contribution in [2.45, 2.75) is 45.2 Å². The summed E-state index contributed by atoms with van der Waals surface area (Å²) in [5, 5.41) is 4.00. The van der Waals surface area contributed by atoms with E-state index in [4.69, 9.17) is 16.0 Å². The van der Waals surface area contributed by atoms with Crippen LogP contribution >= 0.6 is 11.6 Å². The lowest BCUT2D eigenvalue weighted by atomic mass is 9.89. The van der Waals surface area contributed by atoms with Gasteiger partial charge >= 0.3 is 0 Å². The zero-order chi connectivity index (χ0) is 14.8. The largest absolute Gasteiger partial charge is 0.448 e. The molecule has 4 nitrogen and oxygen atoms in total. The van der Waals surface area contributed by atoms with Crippen LogP contribution < -0.4 is 5.32 Å². The number of carbonyl (C=O) groups excluding carboxylic acids is 1. The lowest BCUT2D eigenvalue weighted by Gasteiger charge is -2.39. The number of piperidine rings is 1. The van der Waals surface area contributed by atoms with Gasteiger partial charge in [0.05, 0.1) is 6.54 Å². The third kappa shape index (κ3) is 3.61. The number of hydrogen-bond acceptors (Lipinski definition) is 3. The highest BCUT2D eigenvalue weighted by molar-refractivity contribution is 6.28. The minimum absolute atomic E-state index is 0.331. The Labute approximate surface area is 130 Å². The van der Waals surface area contributed by atoms with E-state index in [0.29, 0.717) is 35.5 Å². The summed E-state index contributed by atoms with van der Waals surface area (Å²) >= 11 is 5.79. The summed E-state index contributed by atoms with van der Waals surface area (Å²) in [7, 11) is 0. The van der Waals surface area contributed by atoms with Gasteiger partial charge in [-0.05, 0) is 48.9 Å². The first-order valence-corrected chi connectivity index (χ1v) is 8.31. The van der Waals surface area contributed by atoms with Gasteiger partial charge in [-0.2, -0.15) is 0 Å². The average Bonchev–Trinajstić information content (AvgIpc) is 3.27. The van der Waals surface area contributed by atoms with E-state index in [9.17, 15) is 4.79 Å². The molecular weight excluding hydrogens is 288 g/mol.